The Bertz CT molecular complexity index is 296. The van der Waals surface area contributed by atoms with Crippen LogP contribution in [0.5, 0.6) is 0 Å². The summed E-state index contributed by atoms with van der Waals surface area (Å²) < 4.78 is 5.40. The van der Waals surface area contributed by atoms with E-state index >= 15 is 0 Å². The maximum atomic E-state index is 12.4. The zero-order valence-electron chi connectivity index (χ0n) is 13.6. The van der Waals surface area contributed by atoms with Gasteiger partial charge in [-0.3, -0.25) is 14.6 Å². The standard InChI is InChI=1S/C16H31N3O2/c1-2-21-14-13-17-9-11-18(12-10-17)15-16(20)19-7-5-3-4-6-8-19/h2-15H2,1H3. The molecule has 0 aromatic rings. The lowest BCUT2D eigenvalue weighted by molar-refractivity contribution is -0.132. The van der Waals surface area contributed by atoms with Gasteiger partial charge in [0.1, 0.15) is 0 Å². The van der Waals surface area contributed by atoms with Gasteiger partial charge in [-0.1, -0.05) is 12.8 Å². The molecule has 2 rings (SSSR count). The van der Waals surface area contributed by atoms with Crippen LogP contribution < -0.4 is 0 Å². The van der Waals surface area contributed by atoms with Gasteiger partial charge in [0, 0.05) is 52.4 Å². The van der Waals surface area contributed by atoms with E-state index in [9.17, 15) is 4.79 Å². The van der Waals surface area contributed by atoms with Gasteiger partial charge < -0.3 is 9.64 Å². The fraction of sp³-hybridized carbons (Fsp3) is 0.938. The second-order valence-corrected chi connectivity index (χ2v) is 6.11. The molecule has 2 aliphatic rings. The largest absolute Gasteiger partial charge is 0.380 e. The Balaban J connectivity index is 1.64. The number of ether oxygens (including phenoxy) is 1. The third-order valence-corrected chi connectivity index (χ3v) is 4.54. The molecule has 21 heavy (non-hydrogen) atoms. The smallest absolute Gasteiger partial charge is 0.236 e. The SMILES string of the molecule is CCOCCN1CCN(CC(=O)N2CCCCCC2)CC1. The fourth-order valence-electron chi connectivity index (χ4n) is 3.12. The first-order chi connectivity index (χ1) is 10.3. The van der Waals surface area contributed by atoms with E-state index in [-0.39, 0.29) is 0 Å². The maximum absolute atomic E-state index is 12.4. The molecule has 0 atom stereocenters. The molecular formula is C16H31N3O2. The Labute approximate surface area is 129 Å². The second kappa shape index (κ2) is 9.38. The third kappa shape index (κ3) is 5.93. The van der Waals surface area contributed by atoms with Crippen molar-refractivity contribution in [3.8, 4) is 0 Å². The van der Waals surface area contributed by atoms with Gasteiger partial charge in [-0.25, -0.2) is 0 Å². The Morgan fingerprint density at radius 3 is 2.14 bits per heavy atom. The lowest BCUT2D eigenvalue weighted by atomic mass is 10.2. The molecule has 0 aromatic heterocycles. The first-order valence-electron chi connectivity index (χ1n) is 8.60. The van der Waals surface area contributed by atoms with Gasteiger partial charge in [0.2, 0.25) is 5.91 Å². The Kier molecular flexibility index (Phi) is 7.47. The van der Waals surface area contributed by atoms with E-state index < -0.39 is 0 Å². The van der Waals surface area contributed by atoms with Gasteiger partial charge in [0.25, 0.3) is 0 Å². The van der Waals surface area contributed by atoms with Crippen molar-refractivity contribution >= 4 is 5.91 Å². The van der Waals surface area contributed by atoms with Crippen molar-refractivity contribution < 1.29 is 9.53 Å². The highest BCUT2D eigenvalue weighted by Gasteiger charge is 2.22. The number of amides is 1. The zero-order chi connectivity index (χ0) is 14.9. The number of rotatable bonds is 6. The highest BCUT2D eigenvalue weighted by Crippen LogP contribution is 2.10. The Morgan fingerprint density at radius 1 is 0.905 bits per heavy atom. The van der Waals surface area contributed by atoms with Gasteiger partial charge in [-0.05, 0) is 19.8 Å². The summed E-state index contributed by atoms with van der Waals surface area (Å²) in [4.78, 5) is 19.2. The van der Waals surface area contributed by atoms with Crippen LogP contribution in [0.2, 0.25) is 0 Å². The van der Waals surface area contributed by atoms with E-state index in [0.717, 1.165) is 59.0 Å². The van der Waals surface area contributed by atoms with Gasteiger partial charge in [0.15, 0.2) is 0 Å². The average molecular weight is 297 g/mol. The summed E-state index contributed by atoms with van der Waals surface area (Å²) >= 11 is 0. The van der Waals surface area contributed by atoms with Crippen LogP contribution >= 0.6 is 0 Å². The third-order valence-electron chi connectivity index (χ3n) is 4.54. The van der Waals surface area contributed by atoms with Crippen LogP contribution in [0.1, 0.15) is 32.6 Å². The topological polar surface area (TPSA) is 36.0 Å². The molecule has 0 aliphatic carbocycles. The van der Waals surface area contributed by atoms with E-state index in [1.54, 1.807) is 0 Å². The fourth-order valence-corrected chi connectivity index (χ4v) is 3.12. The minimum Gasteiger partial charge on any atom is -0.380 e. The summed E-state index contributed by atoms with van der Waals surface area (Å²) in [5.74, 6) is 0.333. The van der Waals surface area contributed by atoms with Crippen LogP contribution in [0, 0.1) is 0 Å². The van der Waals surface area contributed by atoms with Gasteiger partial charge in [0.05, 0.1) is 13.2 Å². The Hall–Kier alpha value is -0.650. The van der Waals surface area contributed by atoms with E-state index in [1.165, 1.54) is 25.7 Å². The molecule has 0 saturated carbocycles. The molecule has 1 amide bonds. The van der Waals surface area contributed by atoms with Crippen molar-refractivity contribution in [1.29, 1.82) is 0 Å². The van der Waals surface area contributed by atoms with Crippen molar-refractivity contribution in [2.24, 2.45) is 0 Å². The van der Waals surface area contributed by atoms with Crippen LogP contribution in [-0.4, -0.2) is 86.2 Å². The number of hydrogen-bond acceptors (Lipinski definition) is 4. The molecule has 0 spiro atoms. The molecule has 5 nitrogen and oxygen atoms in total. The lowest BCUT2D eigenvalue weighted by Crippen LogP contribution is -2.50. The van der Waals surface area contributed by atoms with Crippen molar-refractivity contribution in [1.82, 2.24) is 14.7 Å². The van der Waals surface area contributed by atoms with Crippen LogP contribution in [0.15, 0.2) is 0 Å². The number of hydrogen-bond donors (Lipinski definition) is 0. The van der Waals surface area contributed by atoms with E-state index in [0.29, 0.717) is 12.5 Å². The van der Waals surface area contributed by atoms with Crippen LogP contribution in [0.25, 0.3) is 0 Å². The number of piperazine rings is 1. The van der Waals surface area contributed by atoms with Crippen LogP contribution in [-0.2, 0) is 9.53 Å². The summed E-state index contributed by atoms with van der Waals surface area (Å²) in [6, 6.07) is 0. The molecule has 0 unspecified atom stereocenters. The number of likely N-dealkylation sites (tertiary alicyclic amines) is 1. The number of nitrogens with zero attached hydrogens (tertiary/aromatic N) is 3. The molecule has 2 aliphatic heterocycles. The molecule has 0 radical (unpaired) electrons. The van der Waals surface area contributed by atoms with E-state index in [2.05, 4.69) is 14.7 Å². The molecule has 2 heterocycles. The summed E-state index contributed by atoms with van der Waals surface area (Å²) in [6.45, 7) is 11.3. The Morgan fingerprint density at radius 2 is 1.52 bits per heavy atom. The number of carbonyl (C=O) groups excluding carboxylic acids is 1. The predicted octanol–water partition coefficient (Wildman–Crippen LogP) is 1.04. The molecule has 2 fully saturated rings. The molecule has 0 aromatic carbocycles. The maximum Gasteiger partial charge on any atom is 0.236 e. The molecule has 122 valence electrons. The summed E-state index contributed by atoms with van der Waals surface area (Å²) in [6.07, 6.45) is 4.92. The van der Waals surface area contributed by atoms with Crippen molar-refractivity contribution in [3.05, 3.63) is 0 Å². The predicted molar refractivity (Wildman–Crippen MR) is 84.4 cm³/mol. The monoisotopic (exact) mass is 297 g/mol. The van der Waals surface area contributed by atoms with Crippen LogP contribution in [0.3, 0.4) is 0 Å². The van der Waals surface area contributed by atoms with Crippen LogP contribution in [0.4, 0.5) is 0 Å². The van der Waals surface area contributed by atoms with Crippen molar-refractivity contribution in [3.63, 3.8) is 0 Å². The van der Waals surface area contributed by atoms with Gasteiger partial charge in [-0.15, -0.1) is 0 Å². The molecule has 0 bridgehead atoms. The second-order valence-electron chi connectivity index (χ2n) is 6.11. The van der Waals surface area contributed by atoms with E-state index in [4.69, 9.17) is 4.74 Å². The molecular weight excluding hydrogens is 266 g/mol. The molecule has 2 saturated heterocycles. The highest BCUT2D eigenvalue weighted by atomic mass is 16.5. The first kappa shape index (κ1) is 16.7. The van der Waals surface area contributed by atoms with Crippen molar-refractivity contribution in [2.75, 3.05) is 65.6 Å². The number of carbonyl (C=O) groups is 1. The minimum atomic E-state index is 0.333. The quantitative estimate of drug-likeness (QED) is 0.687. The average Bonchev–Trinajstić information content (AvgIpc) is 2.78. The lowest BCUT2D eigenvalue weighted by Gasteiger charge is -2.35. The normalized spacial score (nSPS) is 22.2. The molecule has 0 N–H and O–H groups in total. The summed E-state index contributed by atoms with van der Waals surface area (Å²) in [5.41, 5.74) is 0. The summed E-state index contributed by atoms with van der Waals surface area (Å²) in [7, 11) is 0. The highest BCUT2D eigenvalue weighted by molar-refractivity contribution is 5.78. The first-order valence-corrected chi connectivity index (χ1v) is 8.60. The van der Waals surface area contributed by atoms with Crippen molar-refractivity contribution in [2.45, 2.75) is 32.6 Å². The minimum absolute atomic E-state index is 0.333. The molecule has 5 heteroatoms. The zero-order valence-corrected chi connectivity index (χ0v) is 13.6. The van der Waals surface area contributed by atoms with E-state index in [1.807, 2.05) is 6.92 Å². The van der Waals surface area contributed by atoms with Gasteiger partial charge in [-0.2, -0.15) is 0 Å². The summed E-state index contributed by atoms with van der Waals surface area (Å²) in [5, 5.41) is 0. The van der Waals surface area contributed by atoms with Gasteiger partial charge >= 0.3 is 0 Å².